The van der Waals surface area contributed by atoms with Crippen molar-refractivity contribution in [2.45, 2.75) is 6.92 Å². The molecule has 1 heterocycles. The highest BCUT2D eigenvalue weighted by Gasteiger charge is 2.23. The fourth-order valence-corrected chi connectivity index (χ4v) is 2.94. The highest BCUT2D eigenvalue weighted by molar-refractivity contribution is 6.31. The maximum Gasteiger partial charge on any atom is 0.257 e. The summed E-state index contributed by atoms with van der Waals surface area (Å²) < 4.78 is 19.6. The van der Waals surface area contributed by atoms with Crippen LogP contribution in [0.15, 0.2) is 48.7 Å². The van der Waals surface area contributed by atoms with Gasteiger partial charge < -0.3 is 20.3 Å². The fraction of sp³-hybridized carbons (Fsp3) is 0.250. The number of fused-ring (bicyclic) bond motifs is 1. The Balaban J connectivity index is 1.77. The lowest BCUT2D eigenvalue weighted by molar-refractivity contribution is -0.110. The minimum Gasteiger partial charge on any atom is -0.383 e. The number of ether oxygens (including phenoxy) is 1. The zero-order valence-corrected chi connectivity index (χ0v) is 14.9. The molecule has 26 heavy (non-hydrogen) atoms. The Hall–Kier alpha value is -2.86. The number of hydrogen-bond acceptors (Lipinski definition) is 4. The molecule has 0 radical (unpaired) electrons. The number of hydrogen-bond donors (Lipinski definition) is 2. The van der Waals surface area contributed by atoms with Gasteiger partial charge in [-0.25, -0.2) is 4.39 Å². The van der Waals surface area contributed by atoms with Crippen molar-refractivity contribution in [3.63, 3.8) is 0 Å². The van der Waals surface area contributed by atoms with Crippen LogP contribution in [0.4, 0.5) is 21.5 Å². The molecular formula is C20H22FN3O2. The first kappa shape index (κ1) is 17.9. The second-order valence-corrected chi connectivity index (χ2v) is 5.94. The predicted molar refractivity (Wildman–Crippen MR) is 103 cm³/mol. The Morgan fingerprint density at radius 2 is 2.08 bits per heavy atom. The third-order valence-corrected chi connectivity index (χ3v) is 4.33. The van der Waals surface area contributed by atoms with Crippen molar-refractivity contribution in [3.05, 3.63) is 60.0 Å². The van der Waals surface area contributed by atoms with Crippen LogP contribution in [0, 0.1) is 5.82 Å². The molecule has 0 saturated carbocycles. The van der Waals surface area contributed by atoms with E-state index in [1.54, 1.807) is 25.4 Å². The summed E-state index contributed by atoms with van der Waals surface area (Å²) in [7, 11) is 1.63. The third-order valence-electron chi connectivity index (χ3n) is 4.33. The smallest absolute Gasteiger partial charge is 0.257 e. The quantitative estimate of drug-likeness (QED) is 0.744. The molecule has 0 aliphatic carbocycles. The van der Waals surface area contributed by atoms with E-state index in [1.165, 1.54) is 6.07 Å². The number of nitrogens with zero attached hydrogens (tertiary/aromatic N) is 1. The maximum absolute atomic E-state index is 14.5. The molecule has 1 amide bonds. The molecule has 1 aliphatic heterocycles. The van der Waals surface area contributed by atoms with Crippen molar-refractivity contribution in [2.75, 3.05) is 42.3 Å². The minimum atomic E-state index is -0.317. The number of anilines is 3. The predicted octanol–water partition coefficient (Wildman–Crippen LogP) is 3.70. The van der Waals surface area contributed by atoms with Crippen LogP contribution in [0.5, 0.6) is 0 Å². The molecule has 0 aromatic heterocycles. The number of rotatable bonds is 7. The topological polar surface area (TPSA) is 53.6 Å². The monoisotopic (exact) mass is 355 g/mol. The molecule has 5 nitrogen and oxygen atoms in total. The Morgan fingerprint density at radius 3 is 2.81 bits per heavy atom. The summed E-state index contributed by atoms with van der Waals surface area (Å²) in [6, 6.07) is 12.4. The highest BCUT2D eigenvalue weighted by atomic mass is 19.1. The second-order valence-electron chi connectivity index (χ2n) is 5.94. The van der Waals surface area contributed by atoms with Gasteiger partial charge in [0.15, 0.2) is 0 Å². The molecule has 2 aromatic rings. The van der Waals surface area contributed by atoms with Gasteiger partial charge in [0.1, 0.15) is 5.82 Å². The van der Waals surface area contributed by atoms with Crippen LogP contribution >= 0.6 is 0 Å². The van der Waals surface area contributed by atoms with E-state index < -0.39 is 0 Å². The zero-order valence-electron chi connectivity index (χ0n) is 14.9. The maximum atomic E-state index is 14.5. The van der Waals surface area contributed by atoms with Gasteiger partial charge in [-0.1, -0.05) is 18.2 Å². The number of methoxy groups -OCH3 is 1. The molecule has 3 rings (SSSR count). The Morgan fingerprint density at radius 1 is 1.27 bits per heavy atom. The van der Waals surface area contributed by atoms with Gasteiger partial charge >= 0.3 is 0 Å². The lowest BCUT2D eigenvalue weighted by Gasteiger charge is -2.23. The zero-order chi connectivity index (χ0) is 18.5. The number of carbonyl (C=O) groups is 1. The lowest BCUT2D eigenvalue weighted by Crippen LogP contribution is -2.27. The standard InChI is InChI=1S/C20H22FN3O2/c1-3-24(10-11-26-2)19-9-8-14(12-17(19)21)22-13-16-15-6-4-5-7-18(15)23-20(16)25/h4-9,12-13,22H,3,10-11H2,1-2H3,(H,23,25). The number of halogens is 1. The minimum absolute atomic E-state index is 0.174. The van der Waals surface area contributed by atoms with E-state index >= 15 is 0 Å². The van der Waals surface area contributed by atoms with E-state index in [2.05, 4.69) is 10.6 Å². The van der Waals surface area contributed by atoms with E-state index in [4.69, 9.17) is 4.74 Å². The molecule has 0 atom stereocenters. The lowest BCUT2D eigenvalue weighted by atomic mass is 10.1. The molecule has 0 spiro atoms. The van der Waals surface area contributed by atoms with Crippen LogP contribution in [-0.4, -0.2) is 32.7 Å². The first-order valence-electron chi connectivity index (χ1n) is 8.55. The van der Waals surface area contributed by atoms with Crippen LogP contribution in [0.3, 0.4) is 0 Å². The summed E-state index contributed by atoms with van der Waals surface area (Å²) in [4.78, 5) is 14.0. The van der Waals surface area contributed by atoms with Crippen molar-refractivity contribution in [2.24, 2.45) is 0 Å². The average molecular weight is 355 g/mol. The number of likely N-dealkylation sites (N-methyl/N-ethyl adjacent to an activating group) is 1. The van der Waals surface area contributed by atoms with Crippen LogP contribution in [-0.2, 0) is 9.53 Å². The number of carbonyl (C=O) groups excluding carboxylic acids is 1. The van der Waals surface area contributed by atoms with Gasteiger partial charge in [-0.2, -0.15) is 0 Å². The van der Waals surface area contributed by atoms with Gasteiger partial charge in [0.05, 0.1) is 17.9 Å². The van der Waals surface area contributed by atoms with E-state index in [1.807, 2.05) is 36.1 Å². The largest absolute Gasteiger partial charge is 0.383 e. The normalized spacial score (nSPS) is 14.3. The van der Waals surface area contributed by atoms with Crippen molar-refractivity contribution in [3.8, 4) is 0 Å². The summed E-state index contributed by atoms with van der Waals surface area (Å²) in [5.41, 5.74) is 3.26. The summed E-state index contributed by atoms with van der Waals surface area (Å²) in [6.07, 6.45) is 1.61. The second kappa shape index (κ2) is 8.01. The van der Waals surface area contributed by atoms with Crippen LogP contribution in [0.1, 0.15) is 12.5 Å². The van der Waals surface area contributed by atoms with Crippen molar-refractivity contribution >= 4 is 28.5 Å². The first-order chi connectivity index (χ1) is 12.6. The molecule has 0 bridgehead atoms. The van der Waals surface area contributed by atoms with E-state index in [0.717, 1.165) is 11.3 Å². The molecule has 136 valence electrons. The summed E-state index contributed by atoms with van der Waals surface area (Å²) >= 11 is 0. The van der Waals surface area contributed by atoms with E-state index in [0.29, 0.717) is 36.6 Å². The Labute approximate surface area is 152 Å². The third kappa shape index (κ3) is 3.70. The molecule has 0 fully saturated rings. The number of benzene rings is 2. The molecule has 6 heteroatoms. The molecule has 2 N–H and O–H groups in total. The Bertz CT molecular complexity index is 836. The number of para-hydroxylation sites is 1. The summed E-state index contributed by atoms with van der Waals surface area (Å²) in [5.74, 6) is -0.491. The summed E-state index contributed by atoms with van der Waals surface area (Å²) in [5, 5.41) is 5.83. The SMILES string of the molecule is CCN(CCOC)c1ccc(NC=C2C(=O)Nc3ccccc32)cc1F. The van der Waals surface area contributed by atoms with E-state index in [-0.39, 0.29) is 11.7 Å². The van der Waals surface area contributed by atoms with Gasteiger partial charge in [0.2, 0.25) is 0 Å². The molecule has 0 saturated heterocycles. The van der Waals surface area contributed by atoms with Crippen molar-refractivity contribution in [1.29, 1.82) is 0 Å². The number of amides is 1. The molecule has 2 aromatic carbocycles. The van der Waals surface area contributed by atoms with Crippen LogP contribution in [0.2, 0.25) is 0 Å². The van der Waals surface area contributed by atoms with Crippen LogP contribution in [0.25, 0.3) is 5.57 Å². The first-order valence-corrected chi connectivity index (χ1v) is 8.55. The molecular weight excluding hydrogens is 333 g/mol. The Kier molecular flexibility index (Phi) is 5.53. The van der Waals surface area contributed by atoms with Crippen molar-refractivity contribution < 1.29 is 13.9 Å². The van der Waals surface area contributed by atoms with E-state index in [9.17, 15) is 9.18 Å². The fourth-order valence-electron chi connectivity index (χ4n) is 2.94. The van der Waals surface area contributed by atoms with Crippen molar-refractivity contribution in [1.82, 2.24) is 0 Å². The average Bonchev–Trinajstić information content (AvgIpc) is 2.97. The van der Waals surface area contributed by atoms with Crippen LogP contribution < -0.4 is 15.5 Å². The van der Waals surface area contributed by atoms with Gasteiger partial charge in [-0.3, -0.25) is 4.79 Å². The molecule has 0 unspecified atom stereocenters. The van der Waals surface area contributed by atoms with Gasteiger partial charge in [0.25, 0.3) is 5.91 Å². The van der Waals surface area contributed by atoms with Gasteiger partial charge in [0, 0.05) is 43.3 Å². The summed E-state index contributed by atoms with van der Waals surface area (Å²) in [6.45, 7) is 3.82. The van der Waals surface area contributed by atoms with Gasteiger partial charge in [-0.05, 0) is 31.2 Å². The highest BCUT2D eigenvalue weighted by Crippen LogP contribution is 2.31. The molecule has 1 aliphatic rings. The van der Waals surface area contributed by atoms with Gasteiger partial charge in [-0.15, -0.1) is 0 Å². The number of nitrogens with one attached hydrogen (secondary N) is 2.